The van der Waals surface area contributed by atoms with Crippen molar-refractivity contribution in [3.8, 4) is 0 Å². The number of aromatic nitrogens is 1. The van der Waals surface area contributed by atoms with Crippen LogP contribution in [0.15, 0.2) is 35.9 Å². The number of benzene rings is 1. The number of H-pyrrole nitrogens is 1. The lowest BCUT2D eigenvalue weighted by atomic mass is 9.44. The summed E-state index contributed by atoms with van der Waals surface area (Å²) in [5.41, 5.74) is 3.77. The number of ketones is 1. The Morgan fingerprint density at radius 2 is 1.94 bits per heavy atom. The molecule has 3 aliphatic carbocycles. The summed E-state index contributed by atoms with van der Waals surface area (Å²) >= 11 is 0. The first kappa shape index (κ1) is 21.6. The molecule has 33 heavy (non-hydrogen) atoms. The second-order valence-corrected chi connectivity index (χ2v) is 11.8. The molecule has 1 aliphatic heterocycles. The Morgan fingerprint density at radius 3 is 2.67 bits per heavy atom. The van der Waals surface area contributed by atoms with Crippen LogP contribution in [0.25, 0.3) is 10.9 Å². The van der Waals surface area contributed by atoms with E-state index in [-0.39, 0.29) is 22.5 Å². The Morgan fingerprint density at radius 1 is 1.18 bits per heavy atom. The van der Waals surface area contributed by atoms with Gasteiger partial charge in [0.25, 0.3) is 0 Å². The van der Waals surface area contributed by atoms with Gasteiger partial charge in [0.1, 0.15) is 0 Å². The molecule has 4 aliphatic rings. The van der Waals surface area contributed by atoms with Crippen molar-refractivity contribution in [2.24, 2.45) is 17.3 Å². The highest BCUT2D eigenvalue weighted by molar-refractivity contribution is 5.96. The Kier molecular flexibility index (Phi) is 4.31. The van der Waals surface area contributed by atoms with E-state index in [4.69, 9.17) is 9.47 Å². The highest BCUT2D eigenvalue weighted by Crippen LogP contribution is 2.69. The lowest BCUT2D eigenvalue weighted by molar-refractivity contribution is -0.274. The SMILES string of the molecule is CO[C@]12CC[C@@]3(C)C(CC[C@H]4Cc5c([nH]c6ccccc56)[C@@]43C)C1=CC(=O)C(C(C)(C)O)O2. The minimum Gasteiger partial charge on any atom is -0.387 e. The van der Waals surface area contributed by atoms with Crippen LogP contribution in [0, 0.1) is 17.3 Å². The lowest BCUT2D eigenvalue weighted by Crippen LogP contribution is -2.63. The molecule has 2 saturated carbocycles. The number of carbonyl (C=O) groups is 1. The summed E-state index contributed by atoms with van der Waals surface area (Å²) < 4.78 is 12.4. The molecular formula is C28H35NO4. The topological polar surface area (TPSA) is 71.6 Å². The van der Waals surface area contributed by atoms with Crippen LogP contribution in [0.2, 0.25) is 0 Å². The van der Waals surface area contributed by atoms with E-state index in [1.54, 1.807) is 27.0 Å². The minimum atomic E-state index is -1.26. The smallest absolute Gasteiger partial charge is 0.192 e. The monoisotopic (exact) mass is 449 g/mol. The van der Waals surface area contributed by atoms with Gasteiger partial charge < -0.3 is 19.6 Å². The van der Waals surface area contributed by atoms with Gasteiger partial charge in [-0.1, -0.05) is 32.0 Å². The molecule has 5 nitrogen and oxygen atoms in total. The molecule has 1 aromatic carbocycles. The van der Waals surface area contributed by atoms with Crippen LogP contribution >= 0.6 is 0 Å². The molecule has 2 fully saturated rings. The Labute approximate surface area is 195 Å². The lowest BCUT2D eigenvalue weighted by Gasteiger charge is -2.63. The van der Waals surface area contributed by atoms with E-state index in [0.29, 0.717) is 12.3 Å². The zero-order valence-corrected chi connectivity index (χ0v) is 20.3. The maximum Gasteiger partial charge on any atom is 0.192 e. The van der Waals surface area contributed by atoms with Crippen LogP contribution < -0.4 is 0 Å². The maximum atomic E-state index is 13.1. The van der Waals surface area contributed by atoms with Gasteiger partial charge in [-0.05, 0) is 80.1 Å². The number of aliphatic hydroxyl groups is 1. The Bertz CT molecular complexity index is 1190. The summed E-state index contributed by atoms with van der Waals surface area (Å²) in [6.45, 7) is 8.15. The predicted molar refractivity (Wildman–Crippen MR) is 127 cm³/mol. The first-order chi connectivity index (χ1) is 15.5. The molecule has 2 aromatic rings. The number of fused-ring (bicyclic) bond motifs is 9. The van der Waals surface area contributed by atoms with E-state index in [0.717, 1.165) is 31.3 Å². The van der Waals surface area contributed by atoms with Gasteiger partial charge in [-0.15, -0.1) is 0 Å². The zero-order valence-electron chi connectivity index (χ0n) is 20.3. The summed E-state index contributed by atoms with van der Waals surface area (Å²) in [5.74, 6) is -0.311. The van der Waals surface area contributed by atoms with E-state index in [1.165, 1.54) is 22.2 Å². The molecule has 2 N–H and O–H groups in total. The van der Waals surface area contributed by atoms with Crippen molar-refractivity contribution < 1.29 is 19.4 Å². The van der Waals surface area contributed by atoms with Gasteiger partial charge >= 0.3 is 0 Å². The molecular weight excluding hydrogens is 414 g/mol. The zero-order chi connectivity index (χ0) is 23.4. The molecule has 2 heterocycles. The molecule has 0 saturated heterocycles. The summed E-state index contributed by atoms with van der Waals surface area (Å²) in [5, 5.41) is 12.0. The fraction of sp³-hybridized carbons (Fsp3) is 0.607. The van der Waals surface area contributed by atoms with Crippen LogP contribution in [0.3, 0.4) is 0 Å². The summed E-state index contributed by atoms with van der Waals surface area (Å²) in [6.07, 6.45) is 5.74. The molecule has 2 unspecified atom stereocenters. The highest BCUT2D eigenvalue weighted by atomic mass is 16.7. The number of carbonyl (C=O) groups excluding carboxylic acids is 1. The van der Waals surface area contributed by atoms with Crippen molar-refractivity contribution in [1.82, 2.24) is 4.98 Å². The van der Waals surface area contributed by atoms with Crippen molar-refractivity contribution in [3.63, 3.8) is 0 Å². The van der Waals surface area contributed by atoms with Gasteiger partial charge in [-0.2, -0.15) is 0 Å². The molecule has 0 radical (unpaired) electrons. The van der Waals surface area contributed by atoms with Crippen molar-refractivity contribution in [1.29, 1.82) is 0 Å². The first-order valence-corrected chi connectivity index (χ1v) is 12.4. The maximum absolute atomic E-state index is 13.1. The second kappa shape index (κ2) is 6.59. The van der Waals surface area contributed by atoms with Gasteiger partial charge in [0.05, 0.1) is 5.60 Å². The average molecular weight is 450 g/mol. The third-order valence-corrected chi connectivity index (χ3v) is 9.98. The van der Waals surface area contributed by atoms with Gasteiger partial charge in [-0.25, -0.2) is 0 Å². The van der Waals surface area contributed by atoms with Crippen LogP contribution in [0.5, 0.6) is 0 Å². The molecule has 6 atom stereocenters. The van der Waals surface area contributed by atoms with E-state index in [9.17, 15) is 9.90 Å². The van der Waals surface area contributed by atoms with Crippen LogP contribution in [0.1, 0.15) is 64.6 Å². The van der Waals surface area contributed by atoms with Gasteiger partial charge in [0.15, 0.2) is 17.7 Å². The largest absolute Gasteiger partial charge is 0.387 e. The van der Waals surface area contributed by atoms with Gasteiger partial charge in [-0.3, -0.25) is 4.79 Å². The van der Waals surface area contributed by atoms with E-state index < -0.39 is 17.5 Å². The number of methoxy groups -OCH3 is 1. The van der Waals surface area contributed by atoms with E-state index in [1.807, 2.05) is 0 Å². The first-order valence-electron chi connectivity index (χ1n) is 12.4. The normalized spacial score (nSPS) is 40.1. The van der Waals surface area contributed by atoms with Crippen molar-refractivity contribution in [3.05, 3.63) is 47.2 Å². The highest BCUT2D eigenvalue weighted by Gasteiger charge is 2.67. The molecule has 0 amide bonds. The standard InChI is InChI=1S/C28H35NO4/c1-25(2,31)24-22(30)15-20-19-11-10-16-14-18-17-8-6-7-9-21(17)29-23(18)27(16,4)26(19,3)12-13-28(20,32-5)33-24/h6-9,15-16,19,24,29,31H,10-14H2,1-5H3/t16-,19?,24?,26-,27+,28-/m0/s1. The number of rotatable bonds is 2. The van der Waals surface area contributed by atoms with Crippen molar-refractivity contribution in [2.45, 2.75) is 82.7 Å². The van der Waals surface area contributed by atoms with E-state index in [2.05, 4.69) is 43.1 Å². The van der Waals surface area contributed by atoms with E-state index >= 15 is 0 Å². The number of hydrogen-bond acceptors (Lipinski definition) is 4. The number of hydrogen-bond donors (Lipinski definition) is 2. The Hall–Kier alpha value is -1.95. The Balaban J connectivity index is 1.49. The predicted octanol–water partition coefficient (Wildman–Crippen LogP) is 4.82. The average Bonchev–Trinajstić information content (AvgIpc) is 3.28. The van der Waals surface area contributed by atoms with Crippen LogP contribution in [-0.2, 0) is 26.1 Å². The van der Waals surface area contributed by atoms with Gasteiger partial charge in [0, 0.05) is 35.5 Å². The number of aromatic amines is 1. The van der Waals surface area contributed by atoms with Crippen molar-refractivity contribution >= 4 is 16.7 Å². The number of ether oxygens (including phenoxy) is 2. The fourth-order valence-corrected chi connectivity index (χ4v) is 8.04. The third-order valence-electron chi connectivity index (χ3n) is 9.98. The molecule has 0 spiro atoms. The van der Waals surface area contributed by atoms with Crippen LogP contribution in [-0.4, -0.2) is 40.5 Å². The number of nitrogens with one attached hydrogen (secondary N) is 1. The van der Waals surface area contributed by atoms with Crippen molar-refractivity contribution in [2.75, 3.05) is 7.11 Å². The fourth-order valence-electron chi connectivity index (χ4n) is 8.04. The molecule has 1 aromatic heterocycles. The second-order valence-electron chi connectivity index (χ2n) is 11.8. The molecule has 6 rings (SSSR count). The molecule has 176 valence electrons. The quantitative estimate of drug-likeness (QED) is 0.690. The minimum absolute atomic E-state index is 0.0127. The number of para-hydroxylation sites is 1. The summed E-state index contributed by atoms with van der Waals surface area (Å²) in [4.78, 5) is 17.0. The van der Waals surface area contributed by atoms with Gasteiger partial charge in [0.2, 0.25) is 0 Å². The summed E-state index contributed by atoms with van der Waals surface area (Å²) in [6, 6.07) is 8.66. The molecule has 0 bridgehead atoms. The third kappa shape index (κ3) is 2.56. The van der Waals surface area contributed by atoms with Crippen LogP contribution in [0.4, 0.5) is 0 Å². The molecule has 5 heteroatoms. The summed E-state index contributed by atoms with van der Waals surface area (Å²) in [7, 11) is 1.67.